The van der Waals surface area contributed by atoms with Crippen molar-refractivity contribution in [3.05, 3.63) is 0 Å². The molecule has 1 spiro atoms. The maximum Gasteiger partial charge on any atom is 0.303 e. The predicted octanol–water partition coefficient (Wildman–Crippen LogP) is 2.89. The maximum atomic E-state index is 11.0. The van der Waals surface area contributed by atoms with Gasteiger partial charge in [-0.2, -0.15) is 0 Å². The summed E-state index contributed by atoms with van der Waals surface area (Å²) in [6.45, 7) is 3.85. The zero-order chi connectivity index (χ0) is 19.3. The fraction of sp³-hybridized carbons (Fsp3) is 0.889. The van der Waals surface area contributed by atoms with Crippen molar-refractivity contribution in [3.63, 3.8) is 0 Å². The van der Waals surface area contributed by atoms with Crippen molar-refractivity contribution in [3.8, 4) is 0 Å². The van der Waals surface area contributed by atoms with Crippen LogP contribution in [0.3, 0.4) is 0 Å². The Labute approximate surface area is 153 Å². The predicted molar refractivity (Wildman–Crippen MR) is 90.4 cm³/mol. The summed E-state index contributed by atoms with van der Waals surface area (Å²) in [7, 11) is 0. The van der Waals surface area contributed by atoms with Crippen LogP contribution in [0.15, 0.2) is 0 Å². The van der Waals surface area contributed by atoms with Crippen LogP contribution in [0.4, 0.5) is 0 Å². The van der Waals surface area contributed by atoms with Crippen LogP contribution in [-0.2, 0) is 28.8 Å². The Balaban J connectivity index is 2.17. The van der Waals surface area contributed by atoms with E-state index in [1.54, 1.807) is 6.92 Å². The van der Waals surface area contributed by atoms with Crippen LogP contribution in [0.25, 0.3) is 0 Å². The Morgan fingerprint density at radius 3 is 2.08 bits per heavy atom. The summed E-state index contributed by atoms with van der Waals surface area (Å²) >= 11 is 0. The highest BCUT2D eigenvalue weighted by Crippen LogP contribution is 2.38. The fourth-order valence-electron chi connectivity index (χ4n) is 3.26. The van der Waals surface area contributed by atoms with E-state index in [1.165, 1.54) is 0 Å². The van der Waals surface area contributed by atoms with Crippen molar-refractivity contribution in [2.75, 3.05) is 13.2 Å². The summed E-state index contributed by atoms with van der Waals surface area (Å²) in [5.41, 5.74) is -1.43. The molecule has 0 amide bonds. The Morgan fingerprint density at radius 2 is 1.46 bits per heavy atom. The largest absolute Gasteiger partial charge is 0.481 e. The van der Waals surface area contributed by atoms with Gasteiger partial charge in [0.25, 0.3) is 0 Å². The van der Waals surface area contributed by atoms with E-state index in [4.69, 9.17) is 29.5 Å². The van der Waals surface area contributed by atoms with E-state index in [1.807, 2.05) is 6.92 Å². The van der Waals surface area contributed by atoms with Gasteiger partial charge in [0.15, 0.2) is 5.79 Å². The van der Waals surface area contributed by atoms with Crippen LogP contribution in [-0.4, -0.2) is 52.4 Å². The van der Waals surface area contributed by atoms with E-state index in [2.05, 4.69) is 0 Å². The molecule has 8 nitrogen and oxygen atoms in total. The van der Waals surface area contributed by atoms with Gasteiger partial charge in [-0.1, -0.05) is 19.3 Å². The van der Waals surface area contributed by atoms with Gasteiger partial charge in [-0.05, 0) is 33.1 Å². The number of ether oxygens (including phenoxy) is 2. The molecule has 2 unspecified atom stereocenters. The number of carboxylic acid groups (broad SMARTS) is 2. The summed E-state index contributed by atoms with van der Waals surface area (Å²) in [5.74, 6) is -3.08. The Kier molecular flexibility index (Phi) is 7.01. The number of aliphatic carboxylic acids is 2. The quantitative estimate of drug-likeness (QED) is 0.683. The SMILES string of the molecule is CC1(CCC(=O)O)COC(C)(CCC(=O)O)OOC2(CCCCC2)CO1. The molecule has 2 N–H and O–H groups in total. The Bertz CT molecular complexity index is 463. The minimum atomic E-state index is -1.24. The average Bonchev–Trinajstić information content (AvgIpc) is 2.65. The van der Waals surface area contributed by atoms with Crippen LogP contribution in [0.1, 0.15) is 71.6 Å². The van der Waals surface area contributed by atoms with E-state index in [9.17, 15) is 9.59 Å². The van der Waals surface area contributed by atoms with Gasteiger partial charge in [-0.25, -0.2) is 9.78 Å². The number of hydrogen-bond donors (Lipinski definition) is 2. The van der Waals surface area contributed by atoms with Crippen molar-refractivity contribution < 1.29 is 39.1 Å². The lowest BCUT2D eigenvalue weighted by molar-refractivity contribution is -0.464. The molecule has 1 saturated carbocycles. The van der Waals surface area contributed by atoms with Crippen LogP contribution in [0, 0.1) is 0 Å². The van der Waals surface area contributed by atoms with Gasteiger partial charge in [0, 0.05) is 12.8 Å². The first-order valence-corrected chi connectivity index (χ1v) is 9.24. The topological polar surface area (TPSA) is 112 Å². The van der Waals surface area contributed by atoms with Crippen LogP contribution in [0.2, 0.25) is 0 Å². The molecule has 0 aromatic rings. The Morgan fingerprint density at radius 1 is 0.846 bits per heavy atom. The van der Waals surface area contributed by atoms with E-state index < -0.39 is 28.9 Å². The molecule has 1 saturated heterocycles. The molecule has 150 valence electrons. The standard InChI is InChI=1S/C18H30O8/c1-16(10-6-14(19)20)12-24-17(2,11-7-15(21)22)25-26-18(13-23-16)8-4-3-5-9-18/h3-13H2,1-2H3,(H,19,20)(H,21,22). The molecule has 1 heterocycles. The first kappa shape index (κ1) is 21.1. The number of rotatable bonds is 6. The van der Waals surface area contributed by atoms with Crippen molar-refractivity contribution in [1.82, 2.24) is 0 Å². The minimum Gasteiger partial charge on any atom is -0.481 e. The average molecular weight is 374 g/mol. The van der Waals surface area contributed by atoms with Crippen LogP contribution in [0.5, 0.6) is 0 Å². The lowest BCUT2D eigenvalue weighted by Gasteiger charge is -2.38. The second kappa shape index (κ2) is 8.65. The summed E-state index contributed by atoms with van der Waals surface area (Å²) < 4.78 is 12.0. The van der Waals surface area contributed by atoms with Crippen molar-refractivity contribution in [2.24, 2.45) is 0 Å². The highest BCUT2D eigenvalue weighted by molar-refractivity contribution is 5.67. The monoisotopic (exact) mass is 374 g/mol. The van der Waals surface area contributed by atoms with Gasteiger partial charge >= 0.3 is 11.9 Å². The molecule has 2 atom stereocenters. The molecule has 0 aromatic carbocycles. The van der Waals surface area contributed by atoms with Gasteiger partial charge < -0.3 is 19.7 Å². The molecule has 2 fully saturated rings. The summed E-state index contributed by atoms with van der Waals surface area (Å²) in [4.78, 5) is 33.4. The molecule has 1 aliphatic carbocycles. The highest BCUT2D eigenvalue weighted by Gasteiger charge is 2.44. The summed E-state index contributed by atoms with van der Waals surface area (Å²) in [5, 5.41) is 18.0. The van der Waals surface area contributed by atoms with Crippen molar-refractivity contribution >= 4 is 11.9 Å². The first-order valence-electron chi connectivity index (χ1n) is 9.24. The third-order valence-corrected chi connectivity index (χ3v) is 5.19. The third kappa shape index (κ3) is 6.19. The molecular weight excluding hydrogens is 344 g/mol. The molecule has 26 heavy (non-hydrogen) atoms. The van der Waals surface area contributed by atoms with Crippen LogP contribution < -0.4 is 0 Å². The summed E-state index contributed by atoms with van der Waals surface area (Å²) in [6.07, 6.45) is 4.89. The van der Waals surface area contributed by atoms with Gasteiger partial charge in [-0.15, -0.1) is 0 Å². The third-order valence-electron chi connectivity index (χ3n) is 5.19. The minimum absolute atomic E-state index is 0.0413. The molecule has 0 bridgehead atoms. The zero-order valence-corrected chi connectivity index (χ0v) is 15.6. The van der Waals surface area contributed by atoms with E-state index >= 15 is 0 Å². The van der Waals surface area contributed by atoms with Gasteiger partial charge in [0.05, 0.1) is 25.2 Å². The van der Waals surface area contributed by atoms with E-state index in [0.717, 1.165) is 32.1 Å². The lowest BCUT2D eigenvalue weighted by atomic mass is 9.85. The molecule has 1 aliphatic heterocycles. The molecule has 0 aromatic heterocycles. The lowest BCUT2D eigenvalue weighted by Crippen LogP contribution is -2.44. The Hall–Kier alpha value is -1.22. The molecular formula is C18H30O8. The summed E-state index contributed by atoms with van der Waals surface area (Å²) in [6, 6.07) is 0. The second-order valence-corrected chi connectivity index (χ2v) is 7.86. The number of carbonyl (C=O) groups is 2. The second-order valence-electron chi connectivity index (χ2n) is 7.86. The van der Waals surface area contributed by atoms with E-state index in [-0.39, 0.29) is 32.3 Å². The maximum absolute atomic E-state index is 11.0. The number of carboxylic acids is 2. The normalized spacial score (nSPS) is 32.4. The molecule has 2 aliphatic rings. The van der Waals surface area contributed by atoms with E-state index in [0.29, 0.717) is 6.61 Å². The first-order chi connectivity index (χ1) is 12.2. The van der Waals surface area contributed by atoms with Crippen LogP contribution >= 0.6 is 0 Å². The van der Waals surface area contributed by atoms with Crippen molar-refractivity contribution in [1.29, 1.82) is 0 Å². The van der Waals surface area contributed by atoms with Crippen molar-refractivity contribution in [2.45, 2.75) is 88.6 Å². The van der Waals surface area contributed by atoms with Gasteiger partial charge in [-0.3, -0.25) is 9.59 Å². The van der Waals surface area contributed by atoms with Gasteiger partial charge in [0.1, 0.15) is 5.60 Å². The smallest absolute Gasteiger partial charge is 0.303 e. The highest BCUT2D eigenvalue weighted by atomic mass is 17.2. The zero-order valence-electron chi connectivity index (χ0n) is 15.6. The number of hydrogen-bond acceptors (Lipinski definition) is 6. The molecule has 0 radical (unpaired) electrons. The molecule has 8 heteroatoms. The molecule has 2 rings (SSSR count). The van der Waals surface area contributed by atoms with Gasteiger partial charge in [0.2, 0.25) is 0 Å². The fourth-order valence-corrected chi connectivity index (χ4v) is 3.26.